The van der Waals surface area contributed by atoms with E-state index in [0.717, 1.165) is 65.2 Å². The van der Waals surface area contributed by atoms with E-state index in [1.54, 1.807) is 4.90 Å². The third-order valence-corrected chi connectivity index (χ3v) is 7.26. The smallest absolute Gasteiger partial charge is 0.254 e. The van der Waals surface area contributed by atoms with E-state index in [1.807, 2.05) is 61.0 Å². The van der Waals surface area contributed by atoms with Gasteiger partial charge in [-0.1, -0.05) is 0 Å². The number of aromatic nitrogens is 3. The van der Waals surface area contributed by atoms with Gasteiger partial charge in [0.25, 0.3) is 5.91 Å². The molecule has 0 bridgehead atoms. The van der Waals surface area contributed by atoms with Crippen LogP contribution in [0.4, 0.5) is 5.82 Å². The predicted octanol–water partition coefficient (Wildman–Crippen LogP) is 4.28. The molecule has 9 heteroatoms. The summed E-state index contributed by atoms with van der Waals surface area (Å²) in [6.07, 6.45) is 5.77. The van der Waals surface area contributed by atoms with Gasteiger partial charge in [-0.15, -0.1) is 0 Å². The molecule has 1 atom stereocenters. The average Bonchev–Trinajstić information content (AvgIpc) is 3.50. The quantitative estimate of drug-likeness (QED) is 0.421. The minimum absolute atomic E-state index is 0.0532. The van der Waals surface area contributed by atoms with Crippen molar-refractivity contribution in [2.24, 2.45) is 0 Å². The van der Waals surface area contributed by atoms with E-state index in [4.69, 9.17) is 24.9 Å². The van der Waals surface area contributed by atoms with Crippen molar-refractivity contribution in [2.45, 2.75) is 52.0 Å². The SMILES string of the molecule is CCN(Cc1cn2cc(OC3CCOCC3)ccc2n1)C(=O)c1ccc2nc(N)c3c(c2c1)COC3C. The number of pyridine rings is 2. The molecular formula is C28H31N5O4. The van der Waals surface area contributed by atoms with Crippen LogP contribution in [0.15, 0.2) is 42.7 Å². The predicted molar refractivity (Wildman–Crippen MR) is 139 cm³/mol. The summed E-state index contributed by atoms with van der Waals surface area (Å²) in [6.45, 7) is 6.85. The number of nitrogen functional groups attached to an aromatic ring is 1. The van der Waals surface area contributed by atoms with Crippen LogP contribution in [0.5, 0.6) is 5.75 Å². The Balaban J connectivity index is 1.23. The molecule has 5 heterocycles. The molecule has 1 unspecified atom stereocenters. The van der Waals surface area contributed by atoms with Gasteiger partial charge in [0.2, 0.25) is 0 Å². The topological polar surface area (TPSA) is 104 Å². The molecule has 0 spiro atoms. The van der Waals surface area contributed by atoms with E-state index in [-0.39, 0.29) is 18.1 Å². The van der Waals surface area contributed by atoms with Gasteiger partial charge in [-0.2, -0.15) is 0 Å². The van der Waals surface area contributed by atoms with Crippen LogP contribution in [0.2, 0.25) is 0 Å². The van der Waals surface area contributed by atoms with Crippen molar-refractivity contribution in [3.8, 4) is 5.75 Å². The van der Waals surface area contributed by atoms with Gasteiger partial charge in [0.15, 0.2) is 0 Å². The molecular weight excluding hydrogens is 470 g/mol. The van der Waals surface area contributed by atoms with Crippen LogP contribution in [0.1, 0.15) is 60.0 Å². The van der Waals surface area contributed by atoms with Gasteiger partial charge < -0.3 is 29.2 Å². The van der Waals surface area contributed by atoms with E-state index >= 15 is 0 Å². The lowest BCUT2D eigenvalue weighted by Crippen LogP contribution is -2.30. The number of rotatable bonds is 6. The van der Waals surface area contributed by atoms with Crippen molar-refractivity contribution in [1.82, 2.24) is 19.3 Å². The highest BCUT2D eigenvalue weighted by atomic mass is 16.5. The fourth-order valence-corrected chi connectivity index (χ4v) is 5.26. The maximum Gasteiger partial charge on any atom is 0.254 e. The second-order valence-corrected chi connectivity index (χ2v) is 9.69. The van der Waals surface area contributed by atoms with E-state index in [2.05, 4.69) is 4.98 Å². The van der Waals surface area contributed by atoms with Crippen LogP contribution in [0.3, 0.4) is 0 Å². The molecule has 9 nitrogen and oxygen atoms in total. The van der Waals surface area contributed by atoms with Gasteiger partial charge in [0.05, 0.1) is 49.9 Å². The first-order valence-electron chi connectivity index (χ1n) is 12.8. The second-order valence-electron chi connectivity index (χ2n) is 9.69. The van der Waals surface area contributed by atoms with Gasteiger partial charge in [0, 0.05) is 42.1 Å². The number of fused-ring (bicyclic) bond motifs is 4. The maximum atomic E-state index is 13.5. The number of nitrogens with zero attached hydrogens (tertiary/aromatic N) is 4. The van der Waals surface area contributed by atoms with Gasteiger partial charge in [-0.3, -0.25) is 4.79 Å². The number of amides is 1. The standard InChI is InChI=1S/C28H31N5O4/c1-3-32(13-19-14-33-15-21(5-7-25(33)30-19)37-20-8-10-35-11-9-20)28(34)18-4-6-24-22(12-18)23-16-36-17(2)26(23)27(29)31-24/h4-7,12,14-15,17,20H,3,8-11,13,16H2,1-2H3,(H2,29,31). The molecule has 3 aromatic heterocycles. The highest BCUT2D eigenvalue weighted by molar-refractivity contribution is 5.99. The Bertz CT molecular complexity index is 1480. The molecule has 1 amide bonds. The first-order valence-corrected chi connectivity index (χ1v) is 12.8. The number of ether oxygens (including phenoxy) is 3. The highest BCUT2D eigenvalue weighted by Crippen LogP contribution is 2.38. The summed E-state index contributed by atoms with van der Waals surface area (Å²) >= 11 is 0. The zero-order valence-corrected chi connectivity index (χ0v) is 21.1. The molecule has 192 valence electrons. The van der Waals surface area contributed by atoms with Crippen LogP contribution in [0, 0.1) is 0 Å². The van der Waals surface area contributed by atoms with Crippen molar-refractivity contribution in [3.05, 3.63) is 65.1 Å². The third kappa shape index (κ3) is 4.49. The molecule has 37 heavy (non-hydrogen) atoms. The summed E-state index contributed by atoms with van der Waals surface area (Å²) in [7, 11) is 0. The van der Waals surface area contributed by atoms with Gasteiger partial charge in [-0.25, -0.2) is 9.97 Å². The molecule has 2 aliphatic rings. The molecule has 0 radical (unpaired) electrons. The maximum absolute atomic E-state index is 13.5. The molecule has 2 aliphatic heterocycles. The molecule has 6 rings (SSSR count). The number of anilines is 1. The number of nitrogens with two attached hydrogens (primary N) is 1. The third-order valence-electron chi connectivity index (χ3n) is 7.26. The first kappa shape index (κ1) is 23.7. The minimum atomic E-state index is -0.101. The first-order chi connectivity index (χ1) is 18.0. The highest BCUT2D eigenvalue weighted by Gasteiger charge is 2.26. The summed E-state index contributed by atoms with van der Waals surface area (Å²) in [6, 6.07) is 9.48. The molecule has 4 aromatic rings. The fraction of sp³-hybridized carbons (Fsp3) is 0.393. The Morgan fingerprint density at radius 2 is 2.03 bits per heavy atom. The number of imidazole rings is 1. The van der Waals surface area contributed by atoms with E-state index in [9.17, 15) is 4.79 Å². The summed E-state index contributed by atoms with van der Waals surface area (Å²) < 4.78 is 19.3. The zero-order valence-electron chi connectivity index (χ0n) is 21.1. The van der Waals surface area contributed by atoms with E-state index in [1.165, 1.54) is 0 Å². The molecule has 1 fully saturated rings. The molecule has 2 N–H and O–H groups in total. The van der Waals surface area contributed by atoms with Crippen LogP contribution >= 0.6 is 0 Å². The Morgan fingerprint density at radius 3 is 2.84 bits per heavy atom. The summed E-state index contributed by atoms with van der Waals surface area (Å²) in [4.78, 5) is 24.6. The number of carbonyl (C=O) groups is 1. The zero-order chi connectivity index (χ0) is 25.5. The normalized spacial score (nSPS) is 17.8. The lowest BCUT2D eigenvalue weighted by molar-refractivity contribution is 0.0254. The average molecular weight is 502 g/mol. The van der Waals surface area contributed by atoms with Crippen molar-refractivity contribution in [1.29, 1.82) is 0 Å². The minimum Gasteiger partial charge on any atom is -0.489 e. The summed E-state index contributed by atoms with van der Waals surface area (Å²) in [5.41, 5.74) is 11.1. The van der Waals surface area contributed by atoms with Gasteiger partial charge >= 0.3 is 0 Å². The van der Waals surface area contributed by atoms with Gasteiger partial charge in [-0.05, 0) is 49.7 Å². The molecule has 0 aliphatic carbocycles. The number of hydrogen-bond donors (Lipinski definition) is 1. The Morgan fingerprint density at radius 1 is 1.19 bits per heavy atom. The van der Waals surface area contributed by atoms with Crippen molar-refractivity contribution >= 4 is 28.3 Å². The molecule has 1 aromatic carbocycles. The lowest BCUT2D eigenvalue weighted by Gasteiger charge is -2.23. The van der Waals surface area contributed by atoms with Crippen molar-refractivity contribution in [2.75, 3.05) is 25.5 Å². The van der Waals surface area contributed by atoms with Crippen molar-refractivity contribution in [3.63, 3.8) is 0 Å². The summed E-state index contributed by atoms with van der Waals surface area (Å²) in [5.74, 6) is 1.25. The summed E-state index contributed by atoms with van der Waals surface area (Å²) in [5, 5.41) is 0.917. The van der Waals surface area contributed by atoms with Crippen LogP contribution < -0.4 is 10.5 Å². The second kappa shape index (κ2) is 9.64. The van der Waals surface area contributed by atoms with Crippen LogP contribution in [0.25, 0.3) is 16.6 Å². The molecule has 1 saturated heterocycles. The van der Waals surface area contributed by atoms with Gasteiger partial charge in [0.1, 0.15) is 23.3 Å². The number of carbonyl (C=O) groups excluding carboxylic acids is 1. The molecule has 0 saturated carbocycles. The largest absolute Gasteiger partial charge is 0.489 e. The fourth-order valence-electron chi connectivity index (χ4n) is 5.26. The van der Waals surface area contributed by atoms with E-state index < -0.39 is 0 Å². The van der Waals surface area contributed by atoms with Crippen molar-refractivity contribution < 1.29 is 19.0 Å². The van der Waals surface area contributed by atoms with E-state index in [0.29, 0.717) is 31.1 Å². The Hall–Kier alpha value is -3.69. The lowest BCUT2D eigenvalue weighted by atomic mass is 10.00. The number of hydrogen-bond acceptors (Lipinski definition) is 7. The van der Waals surface area contributed by atoms with Crippen LogP contribution in [-0.4, -0.2) is 51.0 Å². The number of benzene rings is 1. The van der Waals surface area contributed by atoms with Crippen LogP contribution in [-0.2, 0) is 22.6 Å². The monoisotopic (exact) mass is 501 g/mol. The Kier molecular flexibility index (Phi) is 6.18. The Labute approximate surface area is 215 Å².